The first-order valence-electron chi connectivity index (χ1n) is 7.10. The molecule has 1 heterocycles. The van der Waals surface area contributed by atoms with Gasteiger partial charge in [0.2, 0.25) is 0 Å². The second-order valence-electron chi connectivity index (χ2n) is 5.64. The van der Waals surface area contributed by atoms with E-state index < -0.39 is 17.6 Å². The number of hydrogen-bond donors (Lipinski definition) is 1. The third-order valence-corrected chi connectivity index (χ3v) is 4.30. The van der Waals surface area contributed by atoms with Gasteiger partial charge in [-0.1, -0.05) is 43.2 Å². The van der Waals surface area contributed by atoms with Crippen LogP contribution in [0.4, 0.5) is 0 Å². The molecular weight excluding hydrogens is 256 g/mol. The Balaban J connectivity index is 1.90. The number of Topliss-reactive ketones (excluding diaryl/α,β-unsaturated/α-hetero) is 2. The fourth-order valence-corrected chi connectivity index (χ4v) is 3.08. The topological polar surface area (TPSA) is 66.9 Å². The third kappa shape index (κ3) is 2.30. The maximum absolute atomic E-state index is 12.6. The zero-order chi connectivity index (χ0) is 14.2. The normalized spacial score (nSPS) is 32.6. The first-order valence-corrected chi connectivity index (χ1v) is 7.10. The monoisotopic (exact) mass is 274 g/mol. The molecular formula is C16H18O4. The van der Waals surface area contributed by atoms with Crippen LogP contribution >= 0.6 is 0 Å². The van der Waals surface area contributed by atoms with E-state index in [0.29, 0.717) is 25.0 Å². The van der Waals surface area contributed by atoms with Gasteiger partial charge in [-0.05, 0) is 12.8 Å². The Kier molecular flexibility index (Phi) is 3.44. The van der Waals surface area contributed by atoms with Gasteiger partial charge in [-0.3, -0.25) is 9.59 Å². The van der Waals surface area contributed by atoms with Gasteiger partial charge in [-0.15, -0.1) is 0 Å². The standard InChI is InChI=1S/C16H18O4/c17-14(13-10-20-13)12-8-4-5-9-16(12,19)15(18)11-6-2-1-3-7-11/h1-3,6-7,12-13,19H,4-5,8-10H2. The molecule has 1 aliphatic carbocycles. The highest BCUT2D eigenvalue weighted by Gasteiger charge is 2.52. The molecule has 0 amide bonds. The van der Waals surface area contributed by atoms with E-state index in [1.807, 2.05) is 6.07 Å². The van der Waals surface area contributed by atoms with Gasteiger partial charge < -0.3 is 9.84 Å². The van der Waals surface area contributed by atoms with Gasteiger partial charge in [0.25, 0.3) is 0 Å². The van der Waals surface area contributed by atoms with Gasteiger partial charge in [0.1, 0.15) is 11.7 Å². The minimum atomic E-state index is -1.57. The lowest BCUT2D eigenvalue weighted by Crippen LogP contribution is -2.52. The second kappa shape index (κ2) is 5.11. The molecule has 4 nitrogen and oxygen atoms in total. The minimum absolute atomic E-state index is 0.114. The number of epoxide rings is 1. The van der Waals surface area contributed by atoms with Crippen molar-refractivity contribution < 1.29 is 19.4 Å². The smallest absolute Gasteiger partial charge is 0.195 e. The lowest BCUT2D eigenvalue weighted by Gasteiger charge is -2.37. The Hall–Kier alpha value is -1.52. The Morgan fingerprint density at radius 3 is 2.55 bits per heavy atom. The van der Waals surface area contributed by atoms with E-state index in [0.717, 1.165) is 12.8 Å². The highest BCUT2D eigenvalue weighted by molar-refractivity contribution is 6.06. The van der Waals surface area contributed by atoms with E-state index in [9.17, 15) is 14.7 Å². The van der Waals surface area contributed by atoms with Gasteiger partial charge in [0, 0.05) is 5.56 Å². The van der Waals surface area contributed by atoms with Crippen molar-refractivity contribution >= 4 is 11.6 Å². The van der Waals surface area contributed by atoms with E-state index in [-0.39, 0.29) is 11.6 Å². The van der Waals surface area contributed by atoms with Crippen molar-refractivity contribution in [3.05, 3.63) is 35.9 Å². The third-order valence-electron chi connectivity index (χ3n) is 4.30. The maximum Gasteiger partial charge on any atom is 0.195 e. The molecule has 20 heavy (non-hydrogen) atoms. The number of ketones is 2. The molecule has 0 aromatic heterocycles. The maximum atomic E-state index is 12.6. The van der Waals surface area contributed by atoms with Crippen LogP contribution in [0.15, 0.2) is 30.3 Å². The molecule has 106 valence electrons. The summed E-state index contributed by atoms with van der Waals surface area (Å²) in [7, 11) is 0. The van der Waals surface area contributed by atoms with Crippen molar-refractivity contribution in [1.29, 1.82) is 0 Å². The van der Waals surface area contributed by atoms with Gasteiger partial charge in [0.15, 0.2) is 11.6 Å². The van der Waals surface area contributed by atoms with E-state index in [2.05, 4.69) is 0 Å². The molecule has 1 N–H and O–H groups in total. The first-order chi connectivity index (χ1) is 9.63. The average molecular weight is 274 g/mol. The number of aliphatic hydroxyl groups is 1. The van der Waals surface area contributed by atoms with Crippen LogP contribution < -0.4 is 0 Å². The summed E-state index contributed by atoms with van der Waals surface area (Å²) in [6.07, 6.45) is 2.14. The molecule has 0 radical (unpaired) electrons. The fraction of sp³-hybridized carbons (Fsp3) is 0.500. The summed E-state index contributed by atoms with van der Waals surface area (Å²) < 4.78 is 5.03. The van der Waals surface area contributed by atoms with E-state index in [1.54, 1.807) is 24.3 Å². The molecule has 3 atom stereocenters. The van der Waals surface area contributed by atoms with E-state index >= 15 is 0 Å². The van der Waals surface area contributed by atoms with Crippen LogP contribution in [-0.4, -0.2) is 35.0 Å². The number of rotatable bonds is 4. The highest BCUT2D eigenvalue weighted by Crippen LogP contribution is 2.39. The molecule has 2 aliphatic rings. The van der Waals surface area contributed by atoms with Gasteiger partial charge in [-0.2, -0.15) is 0 Å². The predicted molar refractivity (Wildman–Crippen MR) is 72.4 cm³/mol. The number of carbonyl (C=O) groups excluding carboxylic acids is 2. The number of benzene rings is 1. The molecule has 0 spiro atoms. The van der Waals surface area contributed by atoms with Crippen LogP contribution in [0.2, 0.25) is 0 Å². The molecule has 3 rings (SSSR count). The molecule has 1 aromatic rings. The minimum Gasteiger partial charge on any atom is -0.381 e. The largest absolute Gasteiger partial charge is 0.381 e. The van der Waals surface area contributed by atoms with Crippen molar-refractivity contribution in [3.63, 3.8) is 0 Å². The van der Waals surface area contributed by atoms with Crippen molar-refractivity contribution in [2.75, 3.05) is 6.61 Å². The van der Waals surface area contributed by atoms with E-state index in [1.165, 1.54) is 0 Å². The molecule has 1 saturated carbocycles. The molecule has 3 unspecified atom stereocenters. The van der Waals surface area contributed by atoms with Crippen LogP contribution in [-0.2, 0) is 9.53 Å². The SMILES string of the molecule is O=C(C1CO1)C1CCCCC1(O)C(=O)c1ccccc1. The summed E-state index contributed by atoms with van der Waals surface area (Å²) in [6.45, 7) is 0.422. The Bertz CT molecular complexity index is 521. The Morgan fingerprint density at radius 2 is 1.90 bits per heavy atom. The quantitative estimate of drug-likeness (QED) is 0.671. The average Bonchev–Trinajstić information content (AvgIpc) is 3.32. The summed E-state index contributed by atoms with van der Waals surface area (Å²) in [6, 6.07) is 8.72. The van der Waals surface area contributed by atoms with Crippen molar-refractivity contribution in [3.8, 4) is 0 Å². The van der Waals surface area contributed by atoms with Crippen LogP contribution in [0.3, 0.4) is 0 Å². The molecule has 1 saturated heterocycles. The van der Waals surface area contributed by atoms with E-state index in [4.69, 9.17) is 4.74 Å². The predicted octanol–water partition coefficient (Wildman–Crippen LogP) is 1.76. The summed E-state index contributed by atoms with van der Waals surface area (Å²) in [5.74, 6) is -1.08. The molecule has 1 aromatic carbocycles. The Labute approximate surface area is 117 Å². The summed E-state index contributed by atoms with van der Waals surface area (Å²) in [4.78, 5) is 24.9. The number of ether oxygens (including phenoxy) is 1. The second-order valence-corrected chi connectivity index (χ2v) is 5.64. The van der Waals surface area contributed by atoms with Gasteiger partial charge >= 0.3 is 0 Å². The Morgan fingerprint density at radius 1 is 1.20 bits per heavy atom. The van der Waals surface area contributed by atoms with Crippen LogP contribution in [0.1, 0.15) is 36.0 Å². The molecule has 0 bridgehead atoms. The van der Waals surface area contributed by atoms with Crippen LogP contribution in [0.25, 0.3) is 0 Å². The van der Waals surface area contributed by atoms with Crippen molar-refractivity contribution in [2.45, 2.75) is 37.4 Å². The lowest BCUT2D eigenvalue weighted by molar-refractivity contribution is -0.133. The molecule has 2 fully saturated rings. The lowest BCUT2D eigenvalue weighted by atomic mass is 9.69. The highest BCUT2D eigenvalue weighted by atomic mass is 16.6. The zero-order valence-electron chi connectivity index (χ0n) is 11.2. The van der Waals surface area contributed by atoms with Gasteiger partial charge in [-0.25, -0.2) is 0 Å². The number of hydrogen-bond acceptors (Lipinski definition) is 4. The molecule has 1 aliphatic heterocycles. The summed E-state index contributed by atoms with van der Waals surface area (Å²) >= 11 is 0. The fourth-order valence-electron chi connectivity index (χ4n) is 3.08. The first kappa shape index (κ1) is 13.5. The zero-order valence-corrected chi connectivity index (χ0v) is 11.2. The van der Waals surface area contributed by atoms with Crippen LogP contribution in [0, 0.1) is 5.92 Å². The van der Waals surface area contributed by atoms with Crippen molar-refractivity contribution in [2.24, 2.45) is 5.92 Å². The number of carbonyl (C=O) groups is 2. The summed E-state index contributed by atoms with van der Waals surface area (Å²) in [5.41, 5.74) is -1.10. The summed E-state index contributed by atoms with van der Waals surface area (Å²) in [5, 5.41) is 10.9. The van der Waals surface area contributed by atoms with Crippen molar-refractivity contribution in [1.82, 2.24) is 0 Å². The van der Waals surface area contributed by atoms with Gasteiger partial charge in [0.05, 0.1) is 12.5 Å². The molecule has 4 heteroatoms. The van der Waals surface area contributed by atoms with Crippen LogP contribution in [0.5, 0.6) is 0 Å².